The molecule has 0 aromatic rings. The van der Waals surface area contributed by atoms with Crippen LogP contribution in [-0.2, 0) is 9.47 Å². The summed E-state index contributed by atoms with van der Waals surface area (Å²) in [5.41, 5.74) is 0. The lowest BCUT2D eigenvalue weighted by Gasteiger charge is -2.21. The standard InChI is InChI=1S/C16H28O2.C11H20O/c1-2-3-4-5-6-7-8-9-11-14-17-16-13-10-12-15-18-16;1-2-3-4-5-6-7-8-9-10-11-12/h16H,2-8,10,12-15H2,1H3;12H,2-8,11H2,1H3. The highest BCUT2D eigenvalue weighted by atomic mass is 16.7. The molecular weight excluding hydrogens is 372 g/mol. The molecule has 174 valence electrons. The molecule has 0 bridgehead atoms. The summed E-state index contributed by atoms with van der Waals surface area (Å²) in [5.74, 6) is 11.8. The van der Waals surface area contributed by atoms with E-state index in [0.29, 0.717) is 6.61 Å². The van der Waals surface area contributed by atoms with E-state index in [0.717, 1.165) is 25.9 Å². The zero-order chi connectivity index (χ0) is 22.0. The van der Waals surface area contributed by atoms with Gasteiger partial charge in [0.05, 0.1) is 0 Å². The molecule has 1 heterocycles. The van der Waals surface area contributed by atoms with E-state index in [1.807, 2.05) is 0 Å². The van der Waals surface area contributed by atoms with Gasteiger partial charge in [-0.15, -0.1) is 11.8 Å². The molecule has 1 N–H and O–H groups in total. The van der Waals surface area contributed by atoms with Crippen LogP contribution in [0.25, 0.3) is 0 Å². The first-order chi connectivity index (χ1) is 14.8. The molecule has 0 aromatic heterocycles. The fourth-order valence-electron chi connectivity index (χ4n) is 3.25. The number of hydrogen-bond donors (Lipinski definition) is 1. The van der Waals surface area contributed by atoms with Crippen molar-refractivity contribution in [2.24, 2.45) is 0 Å². The van der Waals surface area contributed by atoms with Crippen LogP contribution in [0.2, 0.25) is 0 Å². The lowest BCUT2D eigenvalue weighted by atomic mass is 10.1. The van der Waals surface area contributed by atoms with Gasteiger partial charge in [0, 0.05) is 19.4 Å². The molecule has 3 heteroatoms. The molecule has 0 amide bonds. The highest BCUT2D eigenvalue weighted by Gasteiger charge is 2.12. The van der Waals surface area contributed by atoms with E-state index in [1.165, 1.54) is 89.9 Å². The van der Waals surface area contributed by atoms with Gasteiger partial charge in [0.2, 0.25) is 0 Å². The van der Waals surface area contributed by atoms with E-state index in [-0.39, 0.29) is 12.9 Å². The Hall–Kier alpha value is -1.00. The molecule has 1 aliphatic rings. The van der Waals surface area contributed by atoms with E-state index in [9.17, 15) is 0 Å². The monoisotopic (exact) mass is 420 g/mol. The SMILES string of the molecule is CCCCCCCCC#CCO.CCCCCCCCC#CCOC1CCCCO1. The Morgan fingerprint density at radius 3 is 1.83 bits per heavy atom. The van der Waals surface area contributed by atoms with Crippen LogP contribution >= 0.6 is 0 Å². The van der Waals surface area contributed by atoms with Crippen LogP contribution in [0.3, 0.4) is 0 Å². The molecule has 0 aromatic carbocycles. The maximum atomic E-state index is 8.37. The second-order valence-corrected chi connectivity index (χ2v) is 8.01. The second-order valence-electron chi connectivity index (χ2n) is 8.01. The first-order valence-corrected chi connectivity index (χ1v) is 12.6. The van der Waals surface area contributed by atoms with E-state index >= 15 is 0 Å². The highest BCUT2D eigenvalue weighted by molar-refractivity contribution is 4.99. The minimum atomic E-state index is 0.00194. The third kappa shape index (κ3) is 23.3. The Morgan fingerprint density at radius 2 is 1.30 bits per heavy atom. The summed E-state index contributed by atoms with van der Waals surface area (Å²) in [6.07, 6.45) is 21.2. The topological polar surface area (TPSA) is 38.7 Å². The third-order valence-corrected chi connectivity index (χ3v) is 5.12. The largest absolute Gasteiger partial charge is 0.384 e. The Morgan fingerprint density at radius 1 is 0.733 bits per heavy atom. The zero-order valence-electron chi connectivity index (χ0n) is 20.0. The van der Waals surface area contributed by atoms with Crippen LogP contribution in [-0.4, -0.2) is 31.2 Å². The van der Waals surface area contributed by atoms with Crippen molar-refractivity contribution in [3.05, 3.63) is 0 Å². The maximum absolute atomic E-state index is 8.37. The van der Waals surface area contributed by atoms with Gasteiger partial charge in [0.15, 0.2) is 6.29 Å². The first-order valence-electron chi connectivity index (χ1n) is 12.6. The molecule has 1 aliphatic heterocycles. The van der Waals surface area contributed by atoms with Crippen molar-refractivity contribution in [2.75, 3.05) is 19.8 Å². The number of rotatable bonds is 14. The van der Waals surface area contributed by atoms with Gasteiger partial charge >= 0.3 is 0 Å². The maximum Gasteiger partial charge on any atom is 0.158 e. The van der Waals surface area contributed by atoms with Crippen LogP contribution < -0.4 is 0 Å². The summed E-state index contributed by atoms with van der Waals surface area (Å²) in [7, 11) is 0. The quantitative estimate of drug-likeness (QED) is 0.242. The molecule has 30 heavy (non-hydrogen) atoms. The Labute approximate surface area is 187 Å². The van der Waals surface area contributed by atoms with Crippen molar-refractivity contribution in [2.45, 2.75) is 129 Å². The van der Waals surface area contributed by atoms with Crippen molar-refractivity contribution in [1.29, 1.82) is 0 Å². The van der Waals surface area contributed by atoms with Gasteiger partial charge in [-0.05, 0) is 32.1 Å². The summed E-state index contributed by atoms with van der Waals surface area (Å²) >= 11 is 0. The van der Waals surface area contributed by atoms with Crippen molar-refractivity contribution in [3.8, 4) is 23.7 Å². The summed E-state index contributed by atoms with van der Waals surface area (Å²) in [4.78, 5) is 0. The van der Waals surface area contributed by atoms with Gasteiger partial charge in [-0.1, -0.05) is 89.9 Å². The van der Waals surface area contributed by atoms with Crippen LogP contribution in [0.1, 0.15) is 123 Å². The molecule has 1 fully saturated rings. The van der Waals surface area contributed by atoms with Crippen molar-refractivity contribution in [3.63, 3.8) is 0 Å². The lowest BCUT2D eigenvalue weighted by Crippen LogP contribution is -2.22. The molecular formula is C27H48O3. The predicted octanol–water partition coefficient (Wildman–Crippen LogP) is 7.02. The van der Waals surface area contributed by atoms with E-state index in [4.69, 9.17) is 14.6 Å². The molecule has 0 spiro atoms. The summed E-state index contributed by atoms with van der Waals surface area (Å²) in [5, 5.41) is 8.37. The zero-order valence-corrected chi connectivity index (χ0v) is 20.0. The second kappa shape index (κ2) is 26.0. The molecule has 1 atom stereocenters. The lowest BCUT2D eigenvalue weighted by molar-refractivity contribution is -0.154. The third-order valence-electron chi connectivity index (χ3n) is 5.12. The molecule has 3 nitrogen and oxygen atoms in total. The summed E-state index contributed by atoms with van der Waals surface area (Å²) in [6.45, 7) is 5.86. The first kappa shape index (κ1) is 29.0. The van der Waals surface area contributed by atoms with Gasteiger partial charge < -0.3 is 14.6 Å². The van der Waals surface area contributed by atoms with Gasteiger partial charge in [-0.25, -0.2) is 0 Å². The van der Waals surface area contributed by atoms with Crippen LogP contribution in [0.4, 0.5) is 0 Å². The van der Waals surface area contributed by atoms with Crippen LogP contribution in [0.15, 0.2) is 0 Å². The summed E-state index contributed by atoms with van der Waals surface area (Å²) in [6, 6.07) is 0. The van der Waals surface area contributed by atoms with Gasteiger partial charge in [0.1, 0.15) is 13.2 Å². The number of hydrogen-bond acceptors (Lipinski definition) is 3. The number of unbranched alkanes of at least 4 members (excludes halogenated alkanes) is 12. The van der Waals surface area contributed by atoms with E-state index < -0.39 is 0 Å². The van der Waals surface area contributed by atoms with Crippen molar-refractivity contribution < 1.29 is 14.6 Å². The molecule has 0 aliphatic carbocycles. The fourth-order valence-corrected chi connectivity index (χ4v) is 3.25. The van der Waals surface area contributed by atoms with E-state index in [2.05, 4.69) is 37.5 Å². The molecule has 0 radical (unpaired) electrons. The number of aliphatic hydroxyl groups excluding tert-OH is 1. The Bertz CT molecular complexity index is 446. The highest BCUT2D eigenvalue weighted by Crippen LogP contribution is 2.13. The predicted molar refractivity (Wildman–Crippen MR) is 128 cm³/mol. The Balaban J connectivity index is 0.000000612. The van der Waals surface area contributed by atoms with Crippen LogP contribution in [0, 0.1) is 23.7 Å². The smallest absolute Gasteiger partial charge is 0.158 e. The molecule has 1 unspecified atom stereocenters. The Kier molecular flexibility index (Phi) is 25.2. The van der Waals surface area contributed by atoms with Crippen molar-refractivity contribution >= 4 is 0 Å². The van der Waals surface area contributed by atoms with Gasteiger partial charge in [-0.2, -0.15) is 0 Å². The van der Waals surface area contributed by atoms with Gasteiger partial charge in [0.25, 0.3) is 0 Å². The summed E-state index contributed by atoms with van der Waals surface area (Å²) < 4.78 is 11.0. The van der Waals surface area contributed by atoms with Crippen LogP contribution in [0.5, 0.6) is 0 Å². The fraction of sp³-hybridized carbons (Fsp3) is 0.852. The normalized spacial score (nSPS) is 15.2. The average molecular weight is 421 g/mol. The van der Waals surface area contributed by atoms with E-state index in [1.54, 1.807) is 0 Å². The molecule has 0 saturated carbocycles. The number of aliphatic hydroxyl groups is 1. The average Bonchev–Trinajstić information content (AvgIpc) is 2.78. The number of ether oxygens (including phenoxy) is 2. The minimum absolute atomic E-state index is 0.00194. The molecule has 1 rings (SSSR count). The minimum Gasteiger partial charge on any atom is -0.384 e. The molecule has 1 saturated heterocycles. The van der Waals surface area contributed by atoms with Crippen molar-refractivity contribution in [1.82, 2.24) is 0 Å². The van der Waals surface area contributed by atoms with Gasteiger partial charge in [-0.3, -0.25) is 0 Å².